The fourth-order valence-electron chi connectivity index (χ4n) is 2.95. The molecule has 0 saturated heterocycles. The molecule has 1 amide bonds. The maximum absolute atomic E-state index is 12.2. The van der Waals surface area contributed by atoms with E-state index in [0.29, 0.717) is 13.2 Å². The highest BCUT2D eigenvalue weighted by Crippen LogP contribution is 2.28. The summed E-state index contributed by atoms with van der Waals surface area (Å²) < 4.78 is 12.7. The van der Waals surface area contributed by atoms with Crippen LogP contribution < -0.4 is 10.1 Å². The van der Waals surface area contributed by atoms with Crippen molar-refractivity contribution >= 4 is 28.7 Å². The third-order valence-corrected chi connectivity index (χ3v) is 5.03. The van der Waals surface area contributed by atoms with E-state index in [1.807, 2.05) is 62.4 Å². The van der Waals surface area contributed by atoms with Crippen molar-refractivity contribution in [2.45, 2.75) is 25.0 Å². The Balaban J connectivity index is 1.84. The van der Waals surface area contributed by atoms with Crippen LogP contribution >= 0.6 is 11.8 Å². The lowest BCUT2D eigenvalue weighted by atomic mass is 10.2. The van der Waals surface area contributed by atoms with E-state index in [1.54, 1.807) is 7.11 Å². The van der Waals surface area contributed by atoms with E-state index in [9.17, 15) is 4.79 Å². The van der Waals surface area contributed by atoms with Crippen molar-refractivity contribution in [3.63, 3.8) is 0 Å². The molecule has 0 aliphatic carbocycles. The average Bonchev–Trinajstić information content (AvgIpc) is 3.06. The van der Waals surface area contributed by atoms with Gasteiger partial charge in [-0.3, -0.25) is 9.36 Å². The Bertz CT molecular complexity index is 924. The largest absolute Gasteiger partial charge is 0.494 e. The summed E-state index contributed by atoms with van der Waals surface area (Å²) in [5.41, 5.74) is 2.88. The Kier molecular flexibility index (Phi) is 6.95. The molecule has 0 aliphatic heterocycles. The second-order valence-corrected chi connectivity index (χ2v) is 7.30. The summed E-state index contributed by atoms with van der Waals surface area (Å²) in [6.07, 6.45) is 0. The molecule has 3 rings (SSSR count). The van der Waals surface area contributed by atoms with Gasteiger partial charge in [-0.1, -0.05) is 23.9 Å². The first-order valence-electron chi connectivity index (χ1n) is 9.24. The van der Waals surface area contributed by atoms with Crippen molar-refractivity contribution in [1.82, 2.24) is 14.9 Å². The summed E-state index contributed by atoms with van der Waals surface area (Å²) >= 11 is 1.42. The monoisotopic (exact) mass is 399 g/mol. The molecular formula is C21H25N3O3S. The van der Waals surface area contributed by atoms with Crippen molar-refractivity contribution in [3.05, 3.63) is 48.5 Å². The quantitative estimate of drug-likeness (QED) is 0.556. The number of carbonyl (C=O) groups is 1. The predicted molar refractivity (Wildman–Crippen MR) is 112 cm³/mol. The third-order valence-electron chi connectivity index (χ3n) is 4.09. The molecule has 7 heteroatoms. The van der Waals surface area contributed by atoms with Crippen molar-refractivity contribution in [2.24, 2.45) is 0 Å². The fourth-order valence-corrected chi connectivity index (χ4v) is 3.79. The van der Waals surface area contributed by atoms with Gasteiger partial charge < -0.3 is 14.8 Å². The molecule has 0 fully saturated rings. The van der Waals surface area contributed by atoms with Gasteiger partial charge in [-0.05, 0) is 50.2 Å². The lowest BCUT2D eigenvalue weighted by Gasteiger charge is -2.13. The first kappa shape index (κ1) is 20.2. The molecule has 0 spiro atoms. The summed E-state index contributed by atoms with van der Waals surface area (Å²) in [7, 11) is 1.62. The van der Waals surface area contributed by atoms with Crippen LogP contribution in [-0.4, -0.2) is 47.6 Å². The number of benzene rings is 2. The molecule has 1 N–H and O–H groups in total. The van der Waals surface area contributed by atoms with Gasteiger partial charge in [0.05, 0.1) is 30.0 Å². The van der Waals surface area contributed by atoms with Gasteiger partial charge in [0.1, 0.15) is 5.75 Å². The Morgan fingerprint density at radius 1 is 1.21 bits per heavy atom. The SMILES string of the molecule is CCOc1ccc(-n2c(SCC(=O)N[C@@H](C)COC)nc3ccccc32)cc1. The second kappa shape index (κ2) is 9.61. The van der Waals surface area contributed by atoms with Gasteiger partial charge in [-0.2, -0.15) is 0 Å². The van der Waals surface area contributed by atoms with Gasteiger partial charge in [0.25, 0.3) is 0 Å². The van der Waals surface area contributed by atoms with Gasteiger partial charge >= 0.3 is 0 Å². The number of rotatable bonds is 9. The van der Waals surface area contributed by atoms with Crippen LogP contribution in [0.3, 0.4) is 0 Å². The number of carbonyl (C=O) groups excluding carboxylic acids is 1. The number of ether oxygens (including phenoxy) is 2. The molecular weight excluding hydrogens is 374 g/mol. The van der Waals surface area contributed by atoms with E-state index in [1.165, 1.54) is 11.8 Å². The second-order valence-electron chi connectivity index (χ2n) is 6.36. The Labute approximate surface area is 169 Å². The molecule has 1 atom stereocenters. The third kappa shape index (κ3) is 4.85. The Hall–Kier alpha value is -2.51. The maximum atomic E-state index is 12.2. The molecule has 0 unspecified atom stereocenters. The minimum atomic E-state index is -0.0418. The number of hydrogen-bond donors (Lipinski definition) is 1. The van der Waals surface area contributed by atoms with Crippen molar-refractivity contribution in [3.8, 4) is 11.4 Å². The lowest BCUT2D eigenvalue weighted by Crippen LogP contribution is -2.36. The van der Waals surface area contributed by atoms with Crippen molar-refractivity contribution in [2.75, 3.05) is 26.1 Å². The zero-order valence-corrected chi connectivity index (χ0v) is 17.2. The Morgan fingerprint density at radius 2 is 1.96 bits per heavy atom. The molecule has 6 nitrogen and oxygen atoms in total. The van der Waals surface area contributed by atoms with E-state index in [4.69, 9.17) is 14.5 Å². The zero-order valence-electron chi connectivity index (χ0n) is 16.3. The summed E-state index contributed by atoms with van der Waals surface area (Å²) in [5.74, 6) is 1.07. The number of imidazole rings is 1. The maximum Gasteiger partial charge on any atom is 0.230 e. The number of aromatic nitrogens is 2. The summed E-state index contributed by atoms with van der Waals surface area (Å²) in [6.45, 7) is 5.00. The smallest absolute Gasteiger partial charge is 0.230 e. The highest BCUT2D eigenvalue weighted by Gasteiger charge is 2.15. The minimum absolute atomic E-state index is 0.0250. The van der Waals surface area contributed by atoms with E-state index in [-0.39, 0.29) is 17.7 Å². The van der Waals surface area contributed by atoms with E-state index in [2.05, 4.69) is 9.88 Å². The highest BCUT2D eigenvalue weighted by molar-refractivity contribution is 7.99. The van der Waals surface area contributed by atoms with Crippen LogP contribution in [-0.2, 0) is 9.53 Å². The Morgan fingerprint density at radius 3 is 2.68 bits per heavy atom. The summed E-state index contributed by atoms with van der Waals surface area (Å²) in [6, 6.07) is 15.8. The molecule has 28 heavy (non-hydrogen) atoms. The molecule has 0 saturated carbocycles. The molecule has 1 heterocycles. The zero-order chi connectivity index (χ0) is 19.9. The number of fused-ring (bicyclic) bond motifs is 1. The number of thioether (sulfide) groups is 1. The minimum Gasteiger partial charge on any atom is -0.494 e. The van der Waals surface area contributed by atoms with Gasteiger partial charge in [0.15, 0.2) is 5.16 Å². The average molecular weight is 400 g/mol. The number of methoxy groups -OCH3 is 1. The molecule has 3 aromatic rings. The normalized spacial score (nSPS) is 12.1. The van der Waals surface area contributed by atoms with Gasteiger partial charge in [0.2, 0.25) is 5.91 Å². The summed E-state index contributed by atoms with van der Waals surface area (Å²) in [5, 5.41) is 3.70. The van der Waals surface area contributed by atoms with Crippen molar-refractivity contribution in [1.29, 1.82) is 0 Å². The van der Waals surface area contributed by atoms with Gasteiger partial charge in [-0.15, -0.1) is 0 Å². The van der Waals surface area contributed by atoms with Crippen LogP contribution in [0.5, 0.6) is 5.75 Å². The van der Waals surface area contributed by atoms with Crippen LogP contribution in [0.2, 0.25) is 0 Å². The van der Waals surface area contributed by atoms with Crippen LogP contribution in [0.25, 0.3) is 16.7 Å². The summed E-state index contributed by atoms with van der Waals surface area (Å²) in [4.78, 5) is 17.0. The van der Waals surface area contributed by atoms with Crippen LogP contribution in [0, 0.1) is 0 Å². The van der Waals surface area contributed by atoms with Crippen LogP contribution in [0.1, 0.15) is 13.8 Å². The predicted octanol–water partition coefficient (Wildman–Crippen LogP) is 3.67. The first-order valence-corrected chi connectivity index (χ1v) is 10.2. The van der Waals surface area contributed by atoms with Crippen LogP contribution in [0.4, 0.5) is 0 Å². The topological polar surface area (TPSA) is 65.4 Å². The standard InChI is InChI=1S/C21H25N3O3S/c1-4-27-17-11-9-16(10-12-17)24-19-8-6-5-7-18(19)23-21(24)28-14-20(25)22-15(2)13-26-3/h5-12,15H,4,13-14H2,1-3H3,(H,22,25)/t15-/m0/s1. The molecule has 0 bridgehead atoms. The lowest BCUT2D eigenvalue weighted by molar-refractivity contribution is -0.119. The van der Waals surface area contributed by atoms with Crippen molar-refractivity contribution < 1.29 is 14.3 Å². The van der Waals surface area contributed by atoms with E-state index < -0.39 is 0 Å². The fraction of sp³-hybridized carbons (Fsp3) is 0.333. The molecule has 0 radical (unpaired) electrons. The first-order chi connectivity index (χ1) is 13.6. The van der Waals surface area contributed by atoms with Gasteiger partial charge in [-0.25, -0.2) is 4.98 Å². The number of nitrogens with zero attached hydrogens (tertiary/aromatic N) is 2. The van der Waals surface area contributed by atoms with E-state index >= 15 is 0 Å². The van der Waals surface area contributed by atoms with Gasteiger partial charge in [0, 0.05) is 18.8 Å². The number of para-hydroxylation sites is 2. The molecule has 0 aliphatic rings. The highest BCUT2D eigenvalue weighted by atomic mass is 32.2. The van der Waals surface area contributed by atoms with Crippen LogP contribution in [0.15, 0.2) is 53.7 Å². The van der Waals surface area contributed by atoms with E-state index in [0.717, 1.165) is 27.6 Å². The molecule has 148 valence electrons. The number of hydrogen-bond acceptors (Lipinski definition) is 5. The number of nitrogens with one attached hydrogen (secondary N) is 1. The number of amides is 1. The molecule has 1 aromatic heterocycles. The molecule has 2 aromatic carbocycles.